The maximum absolute atomic E-state index is 13.7. The van der Waals surface area contributed by atoms with Gasteiger partial charge in [-0.1, -0.05) is 6.07 Å². The van der Waals surface area contributed by atoms with E-state index in [9.17, 15) is 18.7 Å². The first-order valence-corrected chi connectivity index (χ1v) is 6.62. The molecule has 0 amide bonds. The highest BCUT2D eigenvalue weighted by Gasteiger charge is 2.15. The van der Waals surface area contributed by atoms with E-state index < -0.39 is 17.6 Å². The molecule has 1 N–H and O–H groups in total. The fourth-order valence-electron chi connectivity index (χ4n) is 1.77. The highest BCUT2D eigenvalue weighted by Crippen LogP contribution is 2.30. The Bertz CT molecular complexity index is 641. The monoisotopic (exact) mass is 280 g/mol. The molecule has 2 aromatic rings. The van der Waals surface area contributed by atoms with Crippen LogP contribution in [-0.2, 0) is 0 Å². The van der Waals surface area contributed by atoms with Crippen LogP contribution < -0.4 is 0 Å². The molecule has 98 valence electrons. The third kappa shape index (κ3) is 2.76. The summed E-state index contributed by atoms with van der Waals surface area (Å²) < 4.78 is 26.6. The van der Waals surface area contributed by atoms with E-state index in [1.165, 1.54) is 30.0 Å². The van der Waals surface area contributed by atoms with Crippen LogP contribution in [0.15, 0.2) is 41.3 Å². The molecule has 0 saturated heterocycles. The number of aromatic carboxylic acids is 1. The van der Waals surface area contributed by atoms with Crippen LogP contribution in [0.5, 0.6) is 0 Å². The molecule has 0 bridgehead atoms. The summed E-state index contributed by atoms with van der Waals surface area (Å²) in [4.78, 5) is 12.0. The summed E-state index contributed by atoms with van der Waals surface area (Å²) in [6, 6.07) is 7.80. The average molecular weight is 280 g/mol. The van der Waals surface area contributed by atoms with E-state index in [0.717, 1.165) is 17.0 Å². The van der Waals surface area contributed by atoms with Gasteiger partial charge in [0.1, 0.15) is 11.6 Å². The summed E-state index contributed by atoms with van der Waals surface area (Å²) in [5.41, 5.74) is 0.312. The Morgan fingerprint density at radius 2 is 1.79 bits per heavy atom. The first-order chi connectivity index (χ1) is 9.02. The van der Waals surface area contributed by atoms with Crippen LogP contribution in [0.1, 0.15) is 10.4 Å². The molecule has 0 aliphatic rings. The zero-order valence-electron chi connectivity index (χ0n) is 9.98. The van der Waals surface area contributed by atoms with Crippen molar-refractivity contribution in [2.45, 2.75) is 4.90 Å². The Labute approximate surface area is 113 Å². The van der Waals surface area contributed by atoms with Gasteiger partial charge in [0.2, 0.25) is 0 Å². The van der Waals surface area contributed by atoms with Gasteiger partial charge < -0.3 is 5.11 Å². The van der Waals surface area contributed by atoms with Gasteiger partial charge in [-0.3, -0.25) is 0 Å². The minimum absolute atomic E-state index is 0.00245. The van der Waals surface area contributed by atoms with Gasteiger partial charge >= 0.3 is 5.97 Å². The van der Waals surface area contributed by atoms with E-state index in [0.29, 0.717) is 0 Å². The van der Waals surface area contributed by atoms with Crippen LogP contribution in [0.4, 0.5) is 8.78 Å². The number of hydrogen-bond donors (Lipinski definition) is 1. The molecule has 0 aromatic heterocycles. The molecule has 0 saturated carbocycles. The van der Waals surface area contributed by atoms with Crippen molar-refractivity contribution in [3.63, 3.8) is 0 Å². The molecule has 19 heavy (non-hydrogen) atoms. The minimum atomic E-state index is -1.14. The molecule has 2 nitrogen and oxygen atoms in total. The molecular weight excluding hydrogens is 270 g/mol. The Hall–Kier alpha value is -1.88. The molecule has 0 aliphatic carbocycles. The predicted octanol–water partition coefficient (Wildman–Crippen LogP) is 4.05. The maximum atomic E-state index is 13.7. The van der Waals surface area contributed by atoms with E-state index in [4.69, 9.17) is 0 Å². The first kappa shape index (κ1) is 13.5. The highest BCUT2D eigenvalue weighted by atomic mass is 32.2. The third-order valence-electron chi connectivity index (χ3n) is 2.68. The van der Waals surface area contributed by atoms with Gasteiger partial charge in [-0.05, 0) is 36.1 Å². The summed E-state index contributed by atoms with van der Waals surface area (Å²) in [6.45, 7) is 0. The van der Waals surface area contributed by atoms with E-state index in [1.807, 2.05) is 6.26 Å². The SMILES string of the molecule is CSc1ccc(-c2ccc(F)cc2F)c(C(=O)O)c1. The second kappa shape index (κ2) is 5.40. The van der Waals surface area contributed by atoms with E-state index in [-0.39, 0.29) is 16.7 Å². The average Bonchev–Trinajstić information content (AvgIpc) is 2.38. The summed E-state index contributed by atoms with van der Waals surface area (Å²) >= 11 is 1.39. The summed E-state index contributed by atoms with van der Waals surface area (Å²) in [7, 11) is 0. The number of thioether (sulfide) groups is 1. The number of carboxylic acids is 1. The lowest BCUT2D eigenvalue weighted by Crippen LogP contribution is -2.01. The van der Waals surface area contributed by atoms with Crippen molar-refractivity contribution in [2.24, 2.45) is 0 Å². The normalized spacial score (nSPS) is 10.5. The largest absolute Gasteiger partial charge is 0.478 e. The number of hydrogen-bond acceptors (Lipinski definition) is 2. The predicted molar refractivity (Wildman–Crippen MR) is 70.5 cm³/mol. The summed E-state index contributed by atoms with van der Waals surface area (Å²) in [6.07, 6.45) is 1.82. The molecule has 2 rings (SSSR count). The zero-order valence-corrected chi connectivity index (χ0v) is 10.8. The highest BCUT2D eigenvalue weighted by molar-refractivity contribution is 7.98. The lowest BCUT2D eigenvalue weighted by molar-refractivity contribution is 0.0697. The lowest BCUT2D eigenvalue weighted by atomic mass is 9.99. The Balaban J connectivity index is 2.64. The van der Waals surface area contributed by atoms with Crippen LogP contribution in [0.3, 0.4) is 0 Å². The second-order valence-corrected chi connectivity index (χ2v) is 4.72. The minimum Gasteiger partial charge on any atom is -0.478 e. The third-order valence-corrected chi connectivity index (χ3v) is 3.40. The van der Waals surface area contributed by atoms with Crippen LogP contribution in [0.2, 0.25) is 0 Å². The summed E-state index contributed by atoms with van der Waals surface area (Å²) in [5, 5.41) is 9.19. The number of rotatable bonds is 3. The summed E-state index contributed by atoms with van der Waals surface area (Å²) in [5.74, 6) is -2.62. The standard InChI is InChI=1S/C14H10F2O2S/c1-19-9-3-5-10(12(7-9)14(17)18)11-4-2-8(15)6-13(11)16/h2-7H,1H3,(H,17,18). The number of benzene rings is 2. The van der Waals surface area contributed by atoms with Gasteiger partial charge in [0.05, 0.1) is 5.56 Å². The molecule has 0 unspecified atom stereocenters. The zero-order chi connectivity index (χ0) is 14.0. The van der Waals surface area contributed by atoms with Crippen LogP contribution in [-0.4, -0.2) is 17.3 Å². The maximum Gasteiger partial charge on any atom is 0.336 e. The van der Waals surface area contributed by atoms with E-state index in [1.54, 1.807) is 6.07 Å². The molecule has 0 radical (unpaired) electrons. The van der Waals surface area contributed by atoms with Crippen molar-refractivity contribution < 1.29 is 18.7 Å². The van der Waals surface area contributed by atoms with Crippen LogP contribution in [0.25, 0.3) is 11.1 Å². The van der Waals surface area contributed by atoms with Crippen molar-refractivity contribution in [1.29, 1.82) is 0 Å². The van der Waals surface area contributed by atoms with Gasteiger partial charge in [-0.25, -0.2) is 13.6 Å². The number of carboxylic acid groups (broad SMARTS) is 1. The van der Waals surface area contributed by atoms with E-state index >= 15 is 0 Å². The van der Waals surface area contributed by atoms with Gasteiger partial charge in [-0.15, -0.1) is 11.8 Å². The number of carbonyl (C=O) groups is 1. The fourth-order valence-corrected chi connectivity index (χ4v) is 2.21. The molecule has 0 spiro atoms. The van der Waals surface area contributed by atoms with Gasteiger partial charge in [0.15, 0.2) is 0 Å². The second-order valence-electron chi connectivity index (χ2n) is 3.84. The quantitative estimate of drug-likeness (QED) is 0.862. The van der Waals surface area contributed by atoms with Gasteiger partial charge in [-0.2, -0.15) is 0 Å². The van der Waals surface area contributed by atoms with Crippen molar-refractivity contribution in [2.75, 3.05) is 6.26 Å². The molecule has 0 aliphatic heterocycles. The lowest BCUT2D eigenvalue weighted by Gasteiger charge is -2.09. The van der Waals surface area contributed by atoms with Crippen LogP contribution in [0, 0.1) is 11.6 Å². The van der Waals surface area contributed by atoms with Crippen LogP contribution >= 0.6 is 11.8 Å². The van der Waals surface area contributed by atoms with Gasteiger partial charge in [0, 0.05) is 16.5 Å². The Morgan fingerprint density at radius 1 is 1.11 bits per heavy atom. The molecule has 0 heterocycles. The molecule has 2 aromatic carbocycles. The van der Waals surface area contributed by atoms with Crippen molar-refractivity contribution in [3.8, 4) is 11.1 Å². The Morgan fingerprint density at radius 3 is 2.37 bits per heavy atom. The smallest absolute Gasteiger partial charge is 0.336 e. The molecule has 5 heteroatoms. The van der Waals surface area contributed by atoms with Gasteiger partial charge in [0.25, 0.3) is 0 Å². The number of halogens is 2. The van der Waals surface area contributed by atoms with E-state index in [2.05, 4.69) is 0 Å². The molecular formula is C14H10F2O2S. The first-order valence-electron chi connectivity index (χ1n) is 5.39. The van der Waals surface area contributed by atoms with Crippen molar-refractivity contribution in [1.82, 2.24) is 0 Å². The molecule has 0 fully saturated rings. The Kier molecular flexibility index (Phi) is 3.85. The van der Waals surface area contributed by atoms with Crippen molar-refractivity contribution >= 4 is 17.7 Å². The topological polar surface area (TPSA) is 37.3 Å². The fraction of sp³-hybridized carbons (Fsp3) is 0.0714. The van der Waals surface area contributed by atoms with Crippen molar-refractivity contribution in [3.05, 3.63) is 53.6 Å². The molecule has 0 atom stereocenters.